The molecule has 0 aromatic carbocycles. The summed E-state index contributed by atoms with van der Waals surface area (Å²) < 4.78 is 2.87. The second kappa shape index (κ2) is 3.37. The largest absolute Gasteiger partial charge is 0.301 e. The van der Waals surface area contributed by atoms with Crippen molar-refractivity contribution < 1.29 is 0 Å². The smallest absolute Gasteiger partial charge is 0.101 e. The molecule has 0 spiro atoms. The van der Waals surface area contributed by atoms with Crippen LogP contribution in [0, 0.1) is 11.3 Å². The third kappa shape index (κ3) is 1.45. The molecule has 1 saturated heterocycles. The van der Waals surface area contributed by atoms with Crippen LogP contribution >= 0.6 is 15.9 Å². The van der Waals surface area contributed by atoms with Crippen molar-refractivity contribution in [3.8, 4) is 6.07 Å². The first-order chi connectivity index (χ1) is 6.66. The van der Waals surface area contributed by atoms with Gasteiger partial charge in [0.25, 0.3) is 0 Å². The first-order valence-corrected chi connectivity index (χ1v) is 5.22. The van der Waals surface area contributed by atoms with Gasteiger partial charge < -0.3 is 4.90 Å². The molecule has 0 unspecified atom stereocenters. The van der Waals surface area contributed by atoms with Gasteiger partial charge >= 0.3 is 0 Å². The van der Waals surface area contributed by atoms with Gasteiger partial charge in [-0.05, 0) is 23.0 Å². The standard InChI is InChI=1S/C9H11BrN4/c1-13-6-9(7-13,2-3-11)14-5-8(10)4-12-14/h4-5H,2,6-7H2,1H3. The molecular formula is C9H11BrN4. The normalized spacial score (nSPS) is 20.1. The molecular weight excluding hydrogens is 244 g/mol. The monoisotopic (exact) mass is 254 g/mol. The van der Waals surface area contributed by atoms with Gasteiger partial charge in [-0.2, -0.15) is 10.4 Å². The average Bonchev–Trinajstić information content (AvgIpc) is 2.49. The number of halogens is 1. The Balaban J connectivity index is 2.25. The van der Waals surface area contributed by atoms with Crippen LogP contribution in [0.5, 0.6) is 0 Å². The van der Waals surface area contributed by atoms with E-state index in [0.717, 1.165) is 17.6 Å². The Morgan fingerprint density at radius 2 is 2.43 bits per heavy atom. The summed E-state index contributed by atoms with van der Waals surface area (Å²) in [5, 5.41) is 13.1. The molecule has 4 nitrogen and oxygen atoms in total. The molecule has 0 saturated carbocycles. The van der Waals surface area contributed by atoms with E-state index < -0.39 is 0 Å². The summed E-state index contributed by atoms with van der Waals surface area (Å²) in [6.07, 6.45) is 4.22. The van der Waals surface area contributed by atoms with Crippen LogP contribution in [-0.2, 0) is 5.54 Å². The zero-order chi connectivity index (χ0) is 10.2. The van der Waals surface area contributed by atoms with E-state index in [9.17, 15) is 0 Å². The first kappa shape index (κ1) is 9.69. The van der Waals surface area contributed by atoms with Crippen molar-refractivity contribution in [3.05, 3.63) is 16.9 Å². The van der Waals surface area contributed by atoms with E-state index in [4.69, 9.17) is 5.26 Å². The predicted octanol–water partition coefficient (Wildman–Crippen LogP) is 1.20. The molecule has 0 amide bonds. The number of hydrogen-bond donors (Lipinski definition) is 0. The van der Waals surface area contributed by atoms with Gasteiger partial charge in [0.1, 0.15) is 5.54 Å². The zero-order valence-corrected chi connectivity index (χ0v) is 9.53. The van der Waals surface area contributed by atoms with Crippen LogP contribution in [-0.4, -0.2) is 34.8 Å². The summed E-state index contributed by atoms with van der Waals surface area (Å²) in [4.78, 5) is 2.19. The minimum absolute atomic E-state index is 0.102. The van der Waals surface area contributed by atoms with Gasteiger partial charge in [-0.1, -0.05) is 0 Å². The maximum Gasteiger partial charge on any atom is 0.101 e. The van der Waals surface area contributed by atoms with Crippen molar-refractivity contribution in [1.29, 1.82) is 5.26 Å². The maximum atomic E-state index is 8.80. The van der Waals surface area contributed by atoms with Gasteiger partial charge in [0.15, 0.2) is 0 Å². The van der Waals surface area contributed by atoms with Crippen molar-refractivity contribution in [2.75, 3.05) is 20.1 Å². The fourth-order valence-corrected chi connectivity index (χ4v) is 2.29. The van der Waals surface area contributed by atoms with Gasteiger partial charge in [-0.15, -0.1) is 0 Å². The lowest BCUT2D eigenvalue weighted by Crippen LogP contribution is -2.61. The van der Waals surface area contributed by atoms with Crippen LogP contribution in [0.1, 0.15) is 6.42 Å². The lowest BCUT2D eigenvalue weighted by molar-refractivity contribution is 0.0264. The molecule has 74 valence electrons. The van der Waals surface area contributed by atoms with Crippen molar-refractivity contribution in [1.82, 2.24) is 14.7 Å². The van der Waals surface area contributed by atoms with Crippen LogP contribution in [0.2, 0.25) is 0 Å². The third-order valence-corrected chi connectivity index (χ3v) is 2.98. The Kier molecular flexibility index (Phi) is 2.33. The minimum Gasteiger partial charge on any atom is -0.301 e. The summed E-state index contributed by atoms with van der Waals surface area (Å²) in [6.45, 7) is 1.80. The summed E-state index contributed by atoms with van der Waals surface area (Å²) >= 11 is 3.36. The van der Waals surface area contributed by atoms with Gasteiger partial charge in [0.05, 0.1) is 23.2 Å². The molecule has 1 fully saturated rings. The fourth-order valence-electron chi connectivity index (χ4n) is 2.00. The van der Waals surface area contributed by atoms with Crippen molar-refractivity contribution in [2.45, 2.75) is 12.0 Å². The van der Waals surface area contributed by atoms with E-state index in [1.54, 1.807) is 6.20 Å². The Bertz CT molecular complexity index is 372. The first-order valence-electron chi connectivity index (χ1n) is 4.42. The molecule has 1 aliphatic heterocycles. The van der Waals surface area contributed by atoms with Gasteiger partial charge in [-0.25, -0.2) is 0 Å². The molecule has 2 rings (SSSR count). The SMILES string of the molecule is CN1CC(CC#N)(n2cc(Br)cn2)C1. The Hall–Kier alpha value is -0.860. The number of aromatic nitrogens is 2. The van der Waals surface area contributed by atoms with E-state index in [-0.39, 0.29) is 5.54 Å². The Morgan fingerprint density at radius 3 is 2.86 bits per heavy atom. The summed E-state index contributed by atoms with van der Waals surface area (Å²) in [7, 11) is 2.05. The van der Waals surface area contributed by atoms with Crippen molar-refractivity contribution in [3.63, 3.8) is 0 Å². The second-order valence-corrected chi connectivity index (χ2v) is 4.75. The fraction of sp³-hybridized carbons (Fsp3) is 0.556. The highest BCUT2D eigenvalue weighted by Gasteiger charge is 2.43. The van der Waals surface area contributed by atoms with E-state index in [1.807, 2.05) is 17.9 Å². The highest BCUT2D eigenvalue weighted by molar-refractivity contribution is 9.10. The number of likely N-dealkylation sites (N-methyl/N-ethyl adjacent to an activating group) is 1. The summed E-state index contributed by atoms with van der Waals surface area (Å²) in [5.74, 6) is 0. The Morgan fingerprint density at radius 1 is 1.71 bits per heavy atom. The molecule has 1 aliphatic rings. The quantitative estimate of drug-likeness (QED) is 0.797. The summed E-state index contributed by atoms with van der Waals surface area (Å²) in [6, 6.07) is 2.24. The highest BCUT2D eigenvalue weighted by Crippen LogP contribution is 2.31. The van der Waals surface area contributed by atoms with Crippen LogP contribution in [0.3, 0.4) is 0 Å². The van der Waals surface area contributed by atoms with Crippen LogP contribution < -0.4 is 0 Å². The van der Waals surface area contributed by atoms with Gasteiger partial charge in [0, 0.05) is 19.3 Å². The number of hydrogen-bond acceptors (Lipinski definition) is 3. The molecule has 0 aliphatic carbocycles. The van der Waals surface area contributed by atoms with Crippen LogP contribution in [0.15, 0.2) is 16.9 Å². The molecule has 5 heteroatoms. The molecule has 1 aromatic rings. The second-order valence-electron chi connectivity index (χ2n) is 3.83. The van der Waals surface area contributed by atoms with Gasteiger partial charge in [-0.3, -0.25) is 4.68 Å². The summed E-state index contributed by atoms with van der Waals surface area (Å²) in [5.41, 5.74) is -0.102. The molecule has 0 bridgehead atoms. The lowest BCUT2D eigenvalue weighted by Gasteiger charge is -2.47. The predicted molar refractivity (Wildman–Crippen MR) is 55.6 cm³/mol. The molecule has 0 N–H and O–H groups in total. The lowest BCUT2D eigenvalue weighted by atomic mass is 9.87. The van der Waals surface area contributed by atoms with Crippen molar-refractivity contribution in [2.24, 2.45) is 0 Å². The number of likely N-dealkylation sites (tertiary alicyclic amines) is 1. The number of nitrogens with zero attached hydrogens (tertiary/aromatic N) is 4. The van der Waals surface area contributed by atoms with Crippen LogP contribution in [0.4, 0.5) is 0 Å². The molecule has 0 atom stereocenters. The van der Waals surface area contributed by atoms with Crippen LogP contribution in [0.25, 0.3) is 0 Å². The average molecular weight is 255 g/mol. The van der Waals surface area contributed by atoms with Gasteiger partial charge in [0.2, 0.25) is 0 Å². The maximum absolute atomic E-state index is 8.80. The van der Waals surface area contributed by atoms with Crippen molar-refractivity contribution >= 4 is 15.9 Å². The highest BCUT2D eigenvalue weighted by atomic mass is 79.9. The third-order valence-electron chi connectivity index (χ3n) is 2.57. The molecule has 2 heterocycles. The molecule has 14 heavy (non-hydrogen) atoms. The molecule has 0 radical (unpaired) electrons. The number of nitriles is 1. The topological polar surface area (TPSA) is 44.9 Å². The number of rotatable bonds is 2. The Labute approximate surface area is 91.2 Å². The van der Waals surface area contributed by atoms with E-state index >= 15 is 0 Å². The van der Waals surface area contributed by atoms with E-state index in [0.29, 0.717) is 6.42 Å². The zero-order valence-electron chi connectivity index (χ0n) is 7.94. The minimum atomic E-state index is -0.102. The van der Waals surface area contributed by atoms with E-state index in [1.165, 1.54) is 0 Å². The van der Waals surface area contributed by atoms with E-state index in [2.05, 4.69) is 32.0 Å². The molecule has 1 aromatic heterocycles.